The van der Waals surface area contributed by atoms with Gasteiger partial charge in [0.05, 0.1) is 24.5 Å². The van der Waals surface area contributed by atoms with Gasteiger partial charge in [-0.15, -0.1) is 0 Å². The molecule has 0 spiro atoms. The molecule has 132 valence electrons. The smallest absolute Gasteiger partial charge is 0.391 e. The van der Waals surface area contributed by atoms with Crippen molar-refractivity contribution in [3.8, 4) is 0 Å². The zero-order valence-corrected chi connectivity index (χ0v) is 13.6. The molecular weight excluding hydrogens is 323 g/mol. The van der Waals surface area contributed by atoms with Crippen molar-refractivity contribution in [3.05, 3.63) is 35.4 Å². The maximum atomic E-state index is 12.8. The number of halogens is 3. The second kappa shape index (κ2) is 6.55. The van der Waals surface area contributed by atoms with Crippen LogP contribution in [0.1, 0.15) is 37.3 Å². The predicted molar refractivity (Wildman–Crippen MR) is 81.2 cm³/mol. The fourth-order valence-electron chi connectivity index (χ4n) is 3.11. The molecule has 0 bridgehead atoms. The lowest BCUT2D eigenvalue weighted by Crippen LogP contribution is -2.42. The van der Waals surface area contributed by atoms with Crippen LogP contribution in [0.5, 0.6) is 0 Å². The Hall–Kier alpha value is -1.89. The number of aliphatic hydroxyl groups is 1. The maximum absolute atomic E-state index is 12.8. The van der Waals surface area contributed by atoms with E-state index in [1.54, 1.807) is 19.1 Å². The molecule has 1 N–H and O–H groups in total. The summed E-state index contributed by atoms with van der Waals surface area (Å²) in [5, 5.41) is 9.56. The highest BCUT2D eigenvalue weighted by Crippen LogP contribution is 2.40. The van der Waals surface area contributed by atoms with Crippen LogP contribution in [-0.4, -0.2) is 40.6 Å². The highest BCUT2D eigenvalue weighted by Gasteiger charge is 2.52. The van der Waals surface area contributed by atoms with E-state index in [1.807, 2.05) is 19.1 Å². The first kappa shape index (κ1) is 18.4. The van der Waals surface area contributed by atoms with Crippen LogP contribution in [0.15, 0.2) is 24.3 Å². The molecule has 0 radical (unpaired) electrons. The highest BCUT2D eigenvalue weighted by molar-refractivity contribution is 6.09. The van der Waals surface area contributed by atoms with Gasteiger partial charge in [-0.25, -0.2) is 0 Å². The van der Waals surface area contributed by atoms with Crippen LogP contribution in [0.25, 0.3) is 0 Å². The van der Waals surface area contributed by atoms with Crippen LogP contribution in [0.3, 0.4) is 0 Å². The maximum Gasteiger partial charge on any atom is 0.391 e. The number of nitrogens with zero attached hydrogens (tertiary/aromatic N) is 1. The van der Waals surface area contributed by atoms with E-state index >= 15 is 0 Å². The van der Waals surface area contributed by atoms with E-state index in [0.717, 1.165) is 10.5 Å². The number of aliphatic hydroxyl groups excluding tert-OH is 1. The molecule has 24 heavy (non-hydrogen) atoms. The van der Waals surface area contributed by atoms with Crippen molar-refractivity contribution >= 4 is 11.8 Å². The minimum Gasteiger partial charge on any atom is -0.391 e. The molecule has 1 aliphatic heterocycles. The fourth-order valence-corrected chi connectivity index (χ4v) is 3.11. The van der Waals surface area contributed by atoms with Crippen molar-refractivity contribution in [2.75, 3.05) is 6.54 Å². The molecule has 4 nitrogen and oxygen atoms in total. The Labute approximate surface area is 138 Å². The summed E-state index contributed by atoms with van der Waals surface area (Å²) < 4.78 is 37.0. The van der Waals surface area contributed by atoms with Crippen molar-refractivity contribution in [2.24, 2.45) is 0 Å². The van der Waals surface area contributed by atoms with E-state index < -0.39 is 42.5 Å². The van der Waals surface area contributed by atoms with E-state index in [4.69, 9.17) is 0 Å². The van der Waals surface area contributed by atoms with E-state index in [-0.39, 0.29) is 6.42 Å². The third-order valence-corrected chi connectivity index (χ3v) is 4.48. The molecule has 0 saturated carbocycles. The number of hydrogen-bond donors (Lipinski definition) is 1. The van der Waals surface area contributed by atoms with Gasteiger partial charge in [-0.05, 0) is 18.9 Å². The van der Waals surface area contributed by atoms with Crippen molar-refractivity contribution < 1.29 is 27.9 Å². The molecule has 2 amide bonds. The number of alkyl halides is 3. The third kappa shape index (κ3) is 3.61. The van der Waals surface area contributed by atoms with Crippen LogP contribution >= 0.6 is 0 Å². The van der Waals surface area contributed by atoms with Crippen LogP contribution in [0.4, 0.5) is 13.2 Å². The molecule has 1 aromatic carbocycles. The van der Waals surface area contributed by atoms with Gasteiger partial charge in [-0.3, -0.25) is 14.5 Å². The van der Waals surface area contributed by atoms with Gasteiger partial charge in [0.25, 0.3) is 0 Å². The molecule has 2 atom stereocenters. The van der Waals surface area contributed by atoms with Crippen LogP contribution < -0.4 is 0 Å². The monoisotopic (exact) mass is 343 g/mol. The van der Waals surface area contributed by atoms with Crippen LogP contribution in [-0.2, 0) is 15.0 Å². The number of imide groups is 1. The molecule has 0 unspecified atom stereocenters. The molecule has 1 fully saturated rings. The summed E-state index contributed by atoms with van der Waals surface area (Å²) in [4.78, 5) is 25.7. The van der Waals surface area contributed by atoms with Gasteiger partial charge in [0, 0.05) is 6.42 Å². The second-order valence-electron chi connectivity index (χ2n) is 6.26. The molecular formula is C17H20F3NO3. The largest absolute Gasteiger partial charge is 0.391 e. The fraction of sp³-hybridized carbons (Fsp3) is 0.529. The summed E-state index contributed by atoms with van der Waals surface area (Å²) in [5.41, 5.74) is 0.601. The van der Waals surface area contributed by atoms with Gasteiger partial charge in [0.2, 0.25) is 11.8 Å². The van der Waals surface area contributed by atoms with Crippen molar-refractivity contribution in [1.82, 2.24) is 4.90 Å². The lowest BCUT2D eigenvalue weighted by atomic mass is 9.76. The summed E-state index contributed by atoms with van der Waals surface area (Å²) in [6.07, 6.45) is -7.56. The van der Waals surface area contributed by atoms with E-state index in [2.05, 4.69) is 0 Å². The van der Waals surface area contributed by atoms with Gasteiger partial charge >= 0.3 is 6.18 Å². The number of carbonyl (C=O) groups excluding carboxylic acids is 2. The van der Waals surface area contributed by atoms with Crippen molar-refractivity contribution in [1.29, 1.82) is 0 Å². The first-order valence-corrected chi connectivity index (χ1v) is 7.76. The first-order chi connectivity index (χ1) is 11.1. The summed E-state index contributed by atoms with van der Waals surface area (Å²) >= 11 is 0. The van der Waals surface area contributed by atoms with Gasteiger partial charge in [0.1, 0.15) is 0 Å². The Morgan fingerprint density at radius 1 is 1.25 bits per heavy atom. The topological polar surface area (TPSA) is 57.6 Å². The molecule has 0 aliphatic carbocycles. The number of carbonyl (C=O) groups is 2. The Kier molecular flexibility index (Phi) is 5.03. The average Bonchev–Trinajstić information content (AvgIpc) is 2.71. The normalized spacial score (nSPS) is 23.0. The van der Waals surface area contributed by atoms with Crippen LogP contribution in [0, 0.1) is 6.92 Å². The van der Waals surface area contributed by atoms with E-state index in [1.165, 1.54) is 0 Å². The lowest BCUT2D eigenvalue weighted by Gasteiger charge is -2.27. The molecule has 0 aromatic heterocycles. The Morgan fingerprint density at radius 3 is 2.33 bits per heavy atom. The van der Waals surface area contributed by atoms with E-state index in [0.29, 0.717) is 12.0 Å². The van der Waals surface area contributed by atoms with Gasteiger partial charge in [-0.2, -0.15) is 13.2 Å². The van der Waals surface area contributed by atoms with Gasteiger partial charge < -0.3 is 5.11 Å². The minimum atomic E-state index is -4.55. The SMILES string of the molecule is CC[C@]1(c2ccc(C)cc2)CC(=O)N(C[C@@H](O)CC(F)(F)F)C1=O. The number of β-amino-alcohol motifs (C(OH)–C–C–N with tert-alkyl or cyclic N) is 1. The standard InChI is InChI=1S/C17H20F3NO3/c1-3-16(12-6-4-11(2)5-7-12)9-14(23)21(15(16)24)10-13(22)8-17(18,19)20/h4-7,13,22H,3,8-10H2,1-2H3/t13-,16+/m0/s1. The van der Waals surface area contributed by atoms with Gasteiger partial charge in [-0.1, -0.05) is 36.8 Å². The molecule has 1 saturated heterocycles. The summed E-state index contributed by atoms with van der Waals surface area (Å²) in [6, 6.07) is 7.18. The molecule has 1 aliphatic rings. The first-order valence-electron chi connectivity index (χ1n) is 7.76. The molecule has 7 heteroatoms. The molecule has 2 rings (SSSR count). The number of likely N-dealkylation sites (tertiary alicyclic amines) is 1. The summed E-state index contributed by atoms with van der Waals surface area (Å²) in [6.45, 7) is 3.02. The molecule has 1 aromatic rings. The second-order valence-corrected chi connectivity index (χ2v) is 6.26. The van der Waals surface area contributed by atoms with Gasteiger partial charge in [0.15, 0.2) is 0 Å². The predicted octanol–water partition coefficient (Wildman–Crippen LogP) is 2.72. The number of benzene rings is 1. The van der Waals surface area contributed by atoms with E-state index in [9.17, 15) is 27.9 Å². The Balaban J connectivity index is 2.24. The Morgan fingerprint density at radius 2 is 1.83 bits per heavy atom. The third-order valence-electron chi connectivity index (χ3n) is 4.48. The van der Waals surface area contributed by atoms with Crippen LogP contribution in [0.2, 0.25) is 0 Å². The summed E-state index contributed by atoms with van der Waals surface area (Å²) in [5.74, 6) is -1.09. The van der Waals surface area contributed by atoms with Crippen molar-refractivity contribution in [2.45, 2.75) is 50.8 Å². The zero-order chi connectivity index (χ0) is 18.1. The zero-order valence-electron chi connectivity index (χ0n) is 13.6. The summed E-state index contributed by atoms with van der Waals surface area (Å²) in [7, 11) is 0. The lowest BCUT2D eigenvalue weighted by molar-refractivity contribution is -0.160. The van der Waals surface area contributed by atoms with Crippen molar-refractivity contribution in [3.63, 3.8) is 0 Å². The number of rotatable bonds is 5. The minimum absolute atomic E-state index is 0.0931. The number of hydrogen-bond acceptors (Lipinski definition) is 3. The highest BCUT2D eigenvalue weighted by atomic mass is 19.4. The number of amides is 2. The number of aryl methyl sites for hydroxylation is 1. The average molecular weight is 343 g/mol. The quantitative estimate of drug-likeness (QED) is 0.837. The Bertz CT molecular complexity index is 627. The molecule has 1 heterocycles.